The monoisotopic (exact) mass is 255 g/mol. The highest BCUT2D eigenvalue weighted by atomic mass is 16.1. The van der Waals surface area contributed by atoms with Crippen LogP contribution in [0, 0.1) is 6.92 Å². The van der Waals surface area contributed by atoms with Crippen molar-refractivity contribution in [2.75, 3.05) is 5.73 Å². The SMILES string of the molecule is Cc1cccnc1CC(=O)NCc1ccc(N)cc1. The Bertz CT molecular complexity index is 564. The number of hydrogen-bond acceptors (Lipinski definition) is 3. The lowest BCUT2D eigenvalue weighted by Crippen LogP contribution is -2.25. The van der Waals surface area contributed by atoms with Gasteiger partial charge in [0.05, 0.1) is 12.1 Å². The Morgan fingerprint density at radius 2 is 2.00 bits per heavy atom. The van der Waals surface area contributed by atoms with E-state index in [4.69, 9.17) is 5.73 Å². The number of nitrogens with one attached hydrogen (secondary N) is 1. The van der Waals surface area contributed by atoms with E-state index in [9.17, 15) is 4.79 Å². The van der Waals surface area contributed by atoms with E-state index < -0.39 is 0 Å². The molecule has 4 heteroatoms. The van der Waals surface area contributed by atoms with Crippen LogP contribution in [0.2, 0.25) is 0 Å². The molecule has 0 saturated carbocycles. The van der Waals surface area contributed by atoms with Crippen LogP contribution in [0.5, 0.6) is 0 Å². The van der Waals surface area contributed by atoms with Gasteiger partial charge < -0.3 is 11.1 Å². The van der Waals surface area contributed by atoms with E-state index in [0.29, 0.717) is 13.0 Å². The number of carbonyl (C=O) groups excluding carboxylic acids is 1. The maximum absolute atomic E-state index is 11.8. The average molecular weight is 255 g/mol. The van der Waals surface area contributed by atoms with Gasteiger partial charge in [0, 0.05) is 18.4 Å². The third-order valence-corrected chi connectivity index (χ3v) is 2.92. The number of amides is 1. The van der Waals surface area contributed by atoms with Crippen molar-refractivity contribution < 1.29 is 4.79 Å². The van der Waals surface area contributed by atoms with E-state index in [1.165, 1.54) is 0 Å². The zero-order valence-electron chi connectivity index (χ0n) is 10.9. The summed E-state index contributed by atoms with van der Waals surface area (Å²) in [6, 6.07) is 11.3. The van der Waals surface area contributed by atoms with Gasteiger partial charge in [-0.3, -0.25) is 9.78 Å². The van der Waals surface area contributed by atoms with Gasteiger partial charge in [0.2, 0.25) is 5.91 Å². The fourth-order valence-electron chi connectivity index (χ4n) is 1.75. The second kappa shape index (κ2) is 6.00. The lowest BCUT2D eigenvalue weighted by Gasteiger charge is -2.07. The molecule has 0 aliphatic heterocycles. The molecule has 4 nitrogen and oxygen atoms in total. The van der Waals surface area contributed by atoms with Crippen molar-refractivity contribution in [1.82, 2.24) is 10.3 Å². The number of rotatable bonds is 4. The van der Waals surface area contributed by atoms with Crippen LogP contribution >= 0.6 is 0 Å². The number of nitrogens with two attached hydrogens (primary N) is 1. The minimum atomic E-state index is -0.0291. The topological polar surface area (TPSA) is 68.0 Å². The Hall–Kier alpha value is -2.36. The molecule has 0 atom stereocenters. The summed E-state index contributed by atoms with van der Waals surface area (Å²) >= 11 is 0. The Balaban J connectivity index is 1.88. The summed E-state index contributed by atoms with van der Waals surface area (Å²) in [7, 11) is 0. The number of hydrogen-bond donors (Lipinski definition) is 2. The zero-order chi connectivity index (χ0) is 13.7. The maximum Gasteiger partial charge on any atom is 0.226 e. The molecule has 19 heavy (non-hydrogen) atoms. The summed E-state index contributed by atoms with van der Waals surface area (Å²) in [4.78, 5) is 16.0. The lowest BCUT2D eigenvalue weighted by atomic mass is 10.1. The molecule has 98 valence electrons. The lowest BCUT2D eigenvalue weighted by molar-refractivity contribution is -0.120. The van der Waals surface area contributed by atoms with Crippen LogP contribution in [-0.4, -0.2) is 10.9 Å². The number of anilines is 1. The van der Waals surface area contributed by atoms with E-state index in [-0.39, 0.29) is 5.91 Å². The normalized spacial score (nSPS) is 10.2. The predicted octanol–water partition coefficient (Wildman–Crippen LogP) is 1.83. The molecule has 0 unspecified atom stereocenters. The molecule has 0 bridgehead atoms. The molecule has 0 aliphatic rings. The molecular formula is C15H17N3O. The first-order chi connectivity index (χ1) is 9.15. The summed E-state index contributed by atoms with van der Waals surface area (Å²) in [5, 5.41) is 2.87. The van der Waals surface area contributed by atoms with Crippen LogP contribution in [0.1, 0.15) is 16.8 Å². The van der Waals surface area contributed by atoms with Crippen molar-refractivity contribution in [1.29, 1.82) is 0 Å². The zero-order valence-corrected chi connectivity index (χ0v) is 10.9. The predicted molar refractivity (Wildman–Crippen MR) is 75.4 cm³/mol. The van der Waals surface area contributed by atoms with Gasteiger partial charge in [0.1, 0.15) is 0 Å². The fraction of sp³-hybridized carbons (Fsp3) is 0.200. The third-order valence-electron chi connectivity index (χ3n) is 2.92. The Morgan fingerprint density at radius 1 is 1.26 bits per heavy atom. The van der Waals surface area contributed by atoms with Crippen LogP contribution in [0.3, 0.4) is 0 Å². The smallest absolute Gasteiger partial charge is 0.226 e. The van der Waals surface area contributed by atoms with E-state index >= 15 is 0 Å². The number of nitrogen functional groups attached to an aromatic ring is 1. The van der Waals surface area contributed by atoms with Gasteiger partial charge in [-0.05, 0) is 36.2 Å². The van der Waals surface area contributed by atoms with Gasteiger partial charge in [0.15, 0.2) is 0 Å². The van der Waals surface area contributed by atoms with E-state index in [1.54, 1.807) is 6.20 Å². The number of aryl methyl sites for hydroxylation is 1. The fourth-order valence-corrected chi connectivity index (χ4v) is 1.75. The van der Waals surface area contributed by atoms with Crippen LogP contribution < -0.4 is 11.1 Å². The van der Waals surface area contributed by atoms with Crippen LogP contribution in [0.4, 0.5) is 5.69 Å². The Kier molecular flexibility index (Phi) is 4.13. The molecule has 1 amide bonds. The number of benzene rings is 1. The molecule has 0 aliphatic carbocycles. The molecule has 0 radical (unpaired) electrons. The van der Waals surface area contributed by atoms with Crippen molar-refractivity contribution in [3.05, 3.63) is 59.4 Å². The third kappa shape index (κ3) is 3.81. The molecule has 0 spiro atoms. The molecule has 0 fully saturated rings. The van der Waals surface area contributed by atoms with E-state index in [0.717, 1.165) is 22.5 Å². The van der Waals surface area contributed by atoms with Crippen molar-refractivity contribution in [3.63, 3.8) is 0 Å². The van der Waals surface area contributed by atoms with E-state index in [1.807, 2.05) is 43.3 Å². The average Bonchev–Trinajstić information content (AvgIpc) is 2.41. The summed E-state index contributed by atoms with van der Waals surface area (Å²) in [6.45, 7) is 2.46. The summed E-state index contributed by atoms with van der Waals surface area (Å²) in [6.07, 6.45) is 2.01. The molecule has 1 aromatic carbocycles. The first kappa shape index (κ1) is 13.1. The second-order valence-electron chi connectivity index (χ2n) is 4.46. The summed E-state index contributed by atoms with van der Waals surface area (Å²) in [5.41, 5.74) is 9.20. The number of aromatic nitrogens is 1. The number of carbonyl (C=O) groups is 1. The van der Waals surface area contributed by atoms with Gasteiger partial charge in [-0.1, -0.05) is 18.2 Å². The minimum Gasteiger partial charge on any atom is -0.399 e. The summed E-state index contributed by atoms with van der Waals surface area (Å²) < 4.78 is 0. The second-order valence-corrected chi connectivity index (χ2v) is 4.46. The number of nitrogens with zero attached hydrogens (tertiary/aromatic N) is 1. The van der Waals surface area contributed by atoms with Crippen molar-refractivity contribution in [2.24, 2.45) is 0 Å². The molecule has 2 rings (SSSR count). The number of pyridine rings is 1. The van der Waals surface area contributed by atoms with Crippen LogP contribution in [0.25, 0.3) is 0 Å². The molecule has 3 N–H and O–H groups in total. The molecular weight excluding hydrogens is 238 g/mol. The Labute approximate surface area is 112 Å². The highest BCUT2D eigenvalue weighted by Crippen LogP contribution is 2.06. The van der Waals surface area contributed by atoms with E-state index in [2.05, 4.69) is 10.3 Å². The maximum atomic E-state index is 11.8. The molecule has 0 saturated heterocycles. The van der Waals surface area contributed by atoms with Crippen molar-refractivity contribution in [3.8, 4) is 0 Å². The minimum absolute atomic E-state index is 0.0291. The van der Waals surface area contributed by atoms with Crippen molar-refractivity contribution in [2.45, 2.75) is 19.9 Å². The van der Waals surface area contributed by atoms with Crippen LogP contribution in [-0.2, 0) is 17.8 Å². The van der Waals surface area contributed by atoms with Gasteiger partial charge in [-0.2, -0.15) is 0 Å². The highest BCUT2D eigenvalue weighted by Gasteiger charge is 2.06. The molecule has 2 aromatic rings. The van der Waals surface area contributed by atoms with Crippen LogP contribution in [0.15, 0.2) is 42.6 Å². The van der Waals surface area contributed by atoms with Crippen molar-refractivity contribution >= 4 is 11.6 Å². The van der Waals surface area contributed by atoms with Gasteiger partial charge >= 0.3 is 0 Å². The standard InChI is InChI=1S/C15H17N3O/c1-11-3-2-8-17-14(11)9-15(19)18-10-12-4-6-13(16)7-5-12/h2-8H,9-10,16H2,1H3,(H,18,19). The summed E-state index contributed by atoms with van der Waals surface area (Å²) in [5.74, 6) is -0.0291. The van der Waals surface area contributed by atoms with Gasteiger partial charge in [-0.25, -0.2) is 0 Å². The molecule has 1 aromatic heterocycles. The largest absolute Gasteiger partial charge is 0.399 e. The Morgan fingerprint density at radius 3 is 2.68 bits per heavy atom. The molecule has 1 heterocycles. The highest BCUT2D eigenvalue weighted by molar-refractivity contribution is 5.78. The van der Waals surface area contributed by atoms with Gasteiger partial charge in [0.25, 0.3) is 0 Å². The first-order valence-corrected chi connectivity index (χ1v) is 6.17. The quantitative estimate of drug-likeness (QED) is 0.819. The van der Waals surface area contributed by atoms with Gasteiger partial charge in [-0.15, -0.1) is 0 Å². The first-order valence-electron chi connectivity index (χ1n) is 6.17.